The fourth-order valence-corrected chi connectivity index (χ4v) is 2.58. The smallest absolute Gasteiger partial charge is 0.335 e. The minimum absolute atomic E-state index is 0.0248. The van der Waals surface area contributed by atoms with Crippen molar-refractivity contribution in [3.8, 4) is 0 Å². The van der Waals surface area contributed by atoms with Crippen LogP contribution in [0.2, 0.25) is 0 Å². The average molecular weight is 304 g/mol. The summed E-state index contributed by atoms with van der Waals surface area (Å²) in [6.45, 7) is 0.475. The summed E-state index contributed by atoms with van der Waals surface area (Å²) in [7, 11) is 1.73. The Morgan fingerprint density at radius 3 is 2.76 bits per heavy atom. The maximum Gasteiger partial charge on any atom is 0.335 e. The second-order valence-electron chi connectivity index (χ2n) is 4.69. The van der Waals surface area contributed by atoms with Gasteiger partial charge in [0.2, 0.25) is 5.91 Å². The van der Waals surface area contributed by atoms with E-state index >= 15 is 0 Å². The van der Waals surface area contributed by atoms with E-state index in [0.717, 1.165) is 5.69 Å². The highest BCUT2D eigenvalue weighted by molar-refractivity contribution is 7.07. The van der Waals surface area contributed by atoms with Crippen LogP contribution in [0.1, 0.15) is 28.0 Å². The molecule has 0 saturated carbocycles. The summed E-state index contributed by atoms with van der Waals surface area (Å²) in [4.78, 5) is 28.9. The number of amides is 1. The van der Waals surface area contributed by atoms with Crippen LogP contribution >= 0.6 is 11.3 Å². The van der Waals surface area contributed by atoms with Gasteiger partial charge >= 0.3 is 5.97 Å². The van der Waals surface area contributed by atoms with Gasteiger partial charge in [0, 0.05) is 18.8 Å². The number of carbonyl (C=O) groups excluding carboxylic acids is 1. The van der Waals surface area contributed by atoms with E-state index in [-0.39, 0.29) is 17.9 Å². The first-order valence-electron chi connectivity index (χ1n) is 6.50. The Balaban J connectivity index is 1.93. The van der Waals surface area contributed by atoms with Crippen LogP contribution in [0, 0.1) is 0 Å². The average Bonchev–Trinajstić information content (AvgIpc) is 2.97. The van der Waals surface area contributed by atoms with Gasteiger partial charge in [-0.1, -0.05) is 18.2 Å². The molecular weight excluding hydrogens is 288 g/mol. The number of hydrogen-bond donors (Lipinski definition) is 1. The fourth-order valence-electron chi connectivity index (χ4n) is 2.03. The molecule has 1 heterocycles. The van der Waals surface area contributed by atoms with Crippen LogP contribution in [0.5, 0.6) is 0 Å². The molecule has 0 aliphatic rings. The van der Waals surface area contributed by atoms with E-state index in [1.165, 1.54) is 11.3 Å². The minimum atomic E-state index is -0.964. The second-order valence-corrected chi connectivity index (χ2v) is 5.41. The fraction of sp³-hybridized carbons (Fsp3) is 0.267. The van der Waals surface area contributed by atoms with Crippen molar-refractivity contribution >= 4 is 23.2 Å². The lowest BCUT2D eigenvalue weighted by atomic mass is 10.0. The molecule has 1 amide bonds. The van der Waals surface area contributed by atoms with Gasteiger partial charge in [-0.3, -0.25) is 4.79 Å². The summed E-state index contributed by atoms with van der Waals surface area (Å²) in [6.07, 6.45) is 0.702. The number of aromatic nitrogens is 1. The number of carbonyl (C=O) groups is 2. The normalized spacial score (nSPS) is 10.3. The van der Waals surface area contributed by atoms with Crippen molar-refractivity contribution < 1.29 is 14.7 Å². The molecule has 5 nitrogen and oxygen atoms in total. The van der Waals surface area contributed by atoms with Crippen molar-refractivity contribution in [2.45, 2.75) is 19.4 Å². The topological polar surface area (TPSA) is 70.5 Å². The molecule has 0 spiro atoms. The Bertz CT molecular complexity index is 626. The van der Waals surface area contributed by atoms with Crippen LogP contribution in [0.25, 0.3) is 0 Å². The zero-order valence-electron chi connectivity index (χ0n) is 11.7. The van der Waals surface area contributed by atoms with Crippen molar-refractivity contribution in [1.29, 1.82) is 0 Å². The number of benzene rings is 1. The lowest BCUT2D eigenvalue weighted by Gasteiger charge is -2.16. The molecule has 0 aliphatic carbocycles. The van der Waals surface area contributed by atoms with Crippen LogP contribution in [-0.2, 0) is 17.8 Å². The SMILES string of the molecule is CN(Cc1cscn1)C(=O)CCc1ccccc1C(=O)O. The quantitative estimate of drug-likeness (QED) is 0.890. The molecule has 0 saturated heterocycles. The largest absolute Gasteiger partial charge is 0.478 e. The Kier molecular flexibility index (Phi) is 5.05. The molecule has 1 aromatic carbocycles. The summed E-state index contributed by atoms with van der Waals surface area (Å²) in [5.74, 6) is -0.989. The number of carboxylic acid groups (broad SMARTS) is 1. The monoisotopic (exact) mass is 304 g/mol. The van der Waals surface area contributed by atoms with E-state index in [0.29, 0.717) is 18.5 Å². The highest BCUT2D eigenvalue weighted by Crippen LogP contribution is 2.12. The molecule has 110 valence electrons. The molecule has 21 heavy (non-hydrogen) atoms. The highest BCUT2D eigenvalue weighted by atomic mass is 32.1. The van der Waals surface area contributed by atoms with E-state index in [2.05, 4.69) is 4.98 Å². The molecular formula is C15H16N2O3S. The van der Waals surface area contributed by atoms with Gasteiger partial charge in [-0.2, -0.15) is 0 Å². The van der Waals surface area contributed by atoms with Crippen LogP contribution in [0.3, 0.4) is 0 Å². The predicted molar refractivity (Wildman–Crippen MR) is 80.3 cm³/mol. The number of thiazole rings is 1. The minimum Gasteiger partial charge on any atom is -0.478 e. The molecule has 1 aromatic heterocycles. The van der Waals surface area contributed by atoms with Crippen molar-refractivity contribution in [3.63, 3.8) is 0 Å². The number of aryl methyl sites for hydroxylation is 1. The third kappa shape index (κ3) is 4.13. The van der Waals surface area contributed by atoms with Crippen molar-refractivity contribution in [2.75, 3.05) is 7.05 Å². The maximum absolute atomic E-state index is 12.1. The standard InChI is InChI=1S/C15H16N2O3S/c1-17(8-12-9-21-10-16-12)14(18)7-6-11-4-2-3-5-13(11)15(19)20/h2-5,9-10H,6-8H2,1H3,(H,19,20). The van der Waals surface area contributed by atoms with Crippen molar-refractivity contribution in [1.82, 2.24) is 9.88 Å². The second kappa shape index (κ2) is 6.99. The summed E-state index contributed by atoms with van der Waals surface area (Å²) in [5, 5.41) is 11.0. The first-order valence-corrected chi connectivity index (χ1v) is 7.44. The Morgan fingerprint density at radius 2 is 2.10 bits per heavy atom. The molecule has 6 heteroatoms. The van der Waals surface area contributed by atoms with Gasteiger partial charge in [-0.05, 0) is 18.1 Å². The first kappa shape index (κ1) is 15.2. The van der Waals surface area contributed by atoms with E-state index < -0.39 is 5.97 Å². The molecule has 0 atom stereocenters. The highest BCUT2D eigenvalue weighted by Gasteiger charge is 2.13. The molecule has 2 aromatic rings. The maximum atomic E-state index is 12.1. The Labute approximate surface area is 126 Å². The molecule has 0 fully saturated rings. The summed E-state index contributed by atoms with van der Waals surface area (Å²) in [5.41, 5.74) is 3.53. The van der Waals surface area contributed by atoms with Gasteiger partial charge in [0.1, 0.15) is 0 Å². The van der Waals surface area contributed by atoms with Crippen molar-refractivity contribution in [3.05, 3.63) is 52.0 Å². The lowest BCUT2D eigenvalue weighted by molar-refractivity contribution is -0.130. The summed E-state index contributed by atoms with van der Waals surface area (Å²) >= 11 is 1.49. The van der Waals surface area contributed by atoms with E-state index in [1.807, 2.05) is 5.38 Å². The number of hydrogen-bond acceptors (Lipinski definition) is 4. The molecule has 1 N–H and O–H groups in total. The van der Waals surface area contributed by atoms with Gasteiger partial charge < -0.3 is 10.0 Å². The van der Waals surface area contributed by atoms with Gasteiger partial charge in [0.25, 0.3) is 0 Å². The zero-order chi connectivity index (χ0) is 15.2. The number of aromatic carboxylic acids is 1. The van der Waals surface area contributed by atoms with Crippen molar-refractivity contribution in [2.24, 2.45) is 0 Å². The lowest BCUT2D eigenvalue weighted by Crippen LogP contribution is -2.26. The van der Waals surface area contributed by atoms with Crippen LogP contribution in [0.4, 0.5) is 0 Å². The van der Waals surface area contributed by atoms with E-state index in [1.54, 1.807) is 41.7 Å². The Morgan fingerprint density at radius 1 is 1.33 bits per heavy atom. The zero-order valence-corrected chi connectivity index (χ0v) is 12.5. The molecule has 0 bridgehead atoms. The number of carboxylic acids is 1. The van der Waals surface area contributed by atoms with Crippen LogP contribution in [0.15, 0.2) is 35.2 Å². The van der Waals surface area contributed by atoms with Gasteiger partial charge in [-0.25, -0.2) is 9.78 Å². The van der Waals surface area contributed by atoms with Gasteiger partial charge in [0.05, 0.1) is 23.3 Å². The molecule has 0 aliphatic heterocycles. The third-order valence-electron chi connectivity index (χ3n) is 3.16. The van der Waals surface area contributed by atoms with E-state index in [9.17, 15) is 9.59 Å². The predicted octanol–water partition coefficient (Wildman–Crippen LogP) is 2.43. The van der Waals surface area contributed by atoms with Gasteiger partial charge in [0.15, 0.2) is 0 Å². The third-order valence-corrected chi connectivity index (χ3v) is 3.80. The van der Waals surface area contributed by atoms with Gasteiger partial charge in [-0.15, -0.1) is 11.3 Å². The number of nitrogens with zero attached hydrogens (tertiary/aromatic N) is 2. The summed E-state index contributed by atoms with van der Waals surface area (Å²) < 4.78 is 0. The molecule has 0 unspecified atom stereocenters. The van der Waals surface area contributed by atoms with Crippen LogP contribution in [-0.4, -0.2) is 33.9 Å². The molecule has 2 rings (SSSR count). The first-order chi connectivity index (χ1) is 10.1. The molecule has 0 radical (unpaired) electrons. The number of rotatable bonds is 6. The Hall–Kier alpha value is -2.21. The van der Waals surface area contributed by atoms with E-state index in [4.69, 9.17) is 5.11 Å². The summed E-state index contributed by atoms with van der Waals surface area (Å²) in [6, 6.07) is 6.77. The van der Waals surface area contributed by atoms with Crippen LogP contribution < -0.4 is 0 Å².